The lowest BCUT2D eigenvalue weighted by Gasteiger charge is -2.35. The molecule has 1 aromatic carbocycles. The third kappa shape index (κ3) is 3.67. The first-order valence-electron chi connectivity index (χ1n) is 8.46. The average Bonchev–Trinajstić information content (AvgIpc) is 3.05. The van der Waals surface area contributed by atoms with E-state index in [4.69, 9.17) is 4.74 Å². The van der Waals surface area contributed by atoms with Crippen LogP contribution in [0.5, 0.6) is 5.75 Å². The fraction of sp³-hybridized carbons (Fsp3) is 0.471. The van der Waals surface area contributed by atoms with Crippen LogP contribution < -0.4 is 20.3 Å². The van der Waals surface area contributed by atoms with Gasteiger partial charge in [-0.2, -0.15) is 0 Å². The highest BCUT2D eigenvalue weighted by atomic mass is 16.5. The Balaban J connectivity index is 1.75. The first-order valence-corrected chi connectivity index (χ1v) is 8.46. The molecule has 134 valence electrons. The maximum absolute atomic E-state index is 12.5. The molecule has 0 saturated carbocycles. The summed E-state index contributed by atoms with van der Waals surface area (Å²) in [5.74, 6) is 0.0659. The first kappa shape index (κ1) is 17.1. The summed E-state index contributed by atoms with van der Waals surface area (Å²) in [5, 5.41) is 5.43. The van der Waals surface area contributed by atoms with Crippen molar-refractivity contribution in [1.82, 2.24) is 15.5 Å². The summed E-state index contributed by atoms with van der Waals surface area (Å²) in [6, 6.07) is 6.91. The number of anilines is 1. The molecule has 8 nitrogen and oxygen atoms in total. The predicted octanol–water partition coefficient (Wildman–Crippen LogP) is 0.332. The van der Waals surface area contributed by atoms with Crippen molar-refractivity contribution in [3.63, 3.8) is 0 Å². The van der Waals surface area contributed by atoms with E-state index in [9.17, 15) is 14.4 Å². The number of hydrogen-bond acceptors (Lipinski definition) is 5. The van der Waals surface area contributed by atoms with Crippen molar-refractivity contribution < 1.29 is 19.1 Å². The Labute approximate surface area is 146 Å². The van der Waals surface area contributed by atoms with Gasteiger partial charge in [0.15, 0.2) is 6.10 Å². The second-order valence-corrected chi connectivity index (χ2v) is 6.02. The molecule has 2 N–H and O–H groups in total. The maximum Gasteiger partial charge on any atom is 0.324 e. The molecule has 1 aromatic rings. The van der Waals surface area contributed by atoms with Gasteiger partial charge in [0.2, 0.25) is 5.91 Å². The number of amides is 4. The van der Waals surface area contributed by atoms with Crippen LogP contribution in [0.25, 0.3) is 0 Å². The van der Waals surface area contributed by atoms with Gasteiger partial charge in [-0.1, -0.05) is 19.1 Å². The summed E-state index contributed by atoms with van der Waals surface area (Å²) in [6.45, 7) is 3.66. The molecule has 8 heteroatoms. The van der Waals surface area contributed by atoms with Crippen molar-refractivity contribution >= 4 is 23.5 Å². The van der Waals surface area contributed by atoms with Gasteiger partial charge in [-0.05, 0) is 18.6 Å². The van der Waals surface area contributed by atoms with Crippen LogP contribution in [0.15, 0.2) is 24.3 Å². The largest absolute Gasteiger partial charge is 0.477 e. The Morgan fingerprint density at radius 3 is 2.88 bits per heavy atom. The summed E-state index contributed by atoms with van der Waals surface area (Å²) in [7, 11) is 0. The lowest BCUT2D eigenvalue weighted by molar-refractivity contribution is -0.129. The summed E-state index contributed by atoms with van der Waals surface area (Å²) in [4.78, 5) is 39.4. The molecule has 0 spiro atoms. The number of carbonyl (C=O) groups is 3. The van der Waals surface area contributed by atoms with Crippen LogP contribution in [0.3, 0.4) is 0 Å². The minimum Gasteiger partial charge on any atom is -0.477 e. The Morgan fingerprint density at radius 1 is 1.36 bits per heavy atom. The van der Waals surface area contributed by atoms with Gasteiger partial charge in [0.25, 0.3) is 5.91 Å². The van der Waals surface area contributed by atoms with E-state index >= 15 is 0 Å². The van der Waals surface area contributed by atoms with E-state index in [0.717, 1.165) is 12.1 Å². The second-order valence-electron chi connectivity index (χ2n) is 6.02. The zero-order chi connectivity index (χ0) is 17.8. The van der Waals surface area contributed by atoms with Gasteiger partial charge in [-0.25, -0.2) is 4.79 Å². The zero-order valence-corrected chi connectivity index (χ0v) is 14.2. The van der Waals surface area contributed by atoms with Crippen molar-refractivity contribution in [3.8, 4) is 5.75 Å². The number of fused-ring (bicyclic) bond motifs is 1. The molecule has 0 aromatic heterocycles. The van der Waals surface area contributed by atoms with E-state index in [1.807, 2.05) is 25.1 Å². The molecule has 4 amide bonds. The molecule has 3 rings (SSSR count). The van der Waals surface area contributed by atoms with Crippen LogP contribution in [0.2, 0.25) is 0 Å². The van der Waals surface area contributed by atoms with Crippen LogP contribution in [0.4, 0.5) is 10.5 Å². The van der Waals surface area contributed by atoms with Crippen LogP contribution in [-0.4, -0.2) is 61.6 Å². The van der Waals surface area contributed by atoms with E-state index in [1.165, 1.54) is 4.90 Å². The molecule has 1 atom stereocenters. The number of hydrogen-bond donors (Lipinski definition) is 2. The maximum atomic E-state index is 12.5. The van der Waals surface area contributed by atoms with Gasteiger partial charge >= 0.3 is 6.03 Å². The normalized spacial score (nSPS) is 19.1. The van der Waals surface area contributed by atoms with Gasteiger partial charge in [0, 0.05) is 19.6 Å². The quantitative estimate of drug-likeness (QED) is 0.802. The molecule has 2 aliphatic rings. The standard InChI is InChI=1S/C17H22N4O4/c1-2-7-18-16(23)14-10-20(12-5-3-4-6-13(12)25-14)11-15(22)21-9-8-19-17(21)24/h3-6,14H,2,7-11H2,1H3,(H,18,23)(H,19,24)/t14-/m0/s1. The Kier molecular flexibility index (Phi) is 5.06. The summed E-state index contributed by atoms with van der Waals surface area (Å²) >= 11 is 0. The van der Waals surface area contributed by atoms with Gasteiger partial charge in [0.1, 0.15) is 5.75 Å². The van der Waals surface area contributed by atoms with Crippen LogP contribution in [0.1, 0.15) is 13.3 Å². The average molecular weight is 346 g/mol. The number of rotatable bonds is 5. The SMILES string of the molecule is CCCNC(=O)[C@@H]1CN(CC(=O)N2CCNC2=O)c2ccccc2O1. The zero-order valence-electron chi connectivity index (χ0n) is 14.2. The van der Waals surface area contributed by atoms with Gasteiger partial charge in [-0.15, -0.1) is 0 Å². The number of benzene rings is 1. The lowest BCUT2D eigenvalue weighted by Crippen LogP contribution is -2.52. The number of urea groups is 1. The predicted molar refractivity (Wildman–Crippen MR) is 91.5 cm³/mol. The third-order valence-electron chi connectivity index (χ3n) is 4.19. The Bertz CT molecular complexity index is 678. The monoisotopic (exact) mass is 346 g/mol. The van der Waals surface area contributed by atoms with E-state index in [2.05, 4.69) is 10.6 Å². The number of nitrogens with zero attached hydrogens (tertiary/aromatic N) is 2. The molecule has 0 unspecified atom stereocenters. The summed E-state index contributed by atoms with van der Waals surface area (Å²) < 4.78 is 5.79. The minimum atomic E-state index is -0.693. The molecule has 1 saturated heterocycles. The van der Waals surface area contributed by atoms with E-state index in [0.29, 0.717) is 25.4 Å². The number of imide groups is 1. The van der Waals surface area contributed by atoms with Crippen molar-refractivity contribution in [2.45, 2.75) is 19.4 Å². The Morgan fingerprint density at radius 2 is 2.16 bits per heavy atom. The third-order valence-corrected chi connectivity index (χ3v) is 4.19. The minimum absolute atomic E-state index is 0.0192. The molecule has 0 bridgehead atoms. The van der Waals surface area contributed by atoms with E-state index in [-0.39, 0.29) is 30.9 Å². The van der Waals surface area contributed by atoms with Gasteiger partial charge in [0.05, 0.1) is 18.8 Å². The van der Waals surface area contributed by atoms with Crippen LogP contribution in [-0.2, 0) is 9.59 Å². The highest BCUT2D eigenvalue weighted by Gasteiger charge is 2.34. The fourth-order valence-corrected chi connectivity index (χ4v) is 2.91. The first-order chi connectivity index (χ1) is 12.1. The topological polar surface area (TPSA) is 91.0 Å². The van der Waals surface area contributed by atoms with Crippen molar-refractivity contribution in [1.29, 1.82) is 0 Å². The number of ether oxygens (including phenoxy) is 1. The van der Waals surface area contributed by atoms with Crippen molar-refractivity contribution in [2.24, 2.45) is 0 Å². The molecular formula is C17H22N4O4. The number of carbonyl (C=O) groups excluding carboxylic acids is 3. The Hall–Kier alpha value is -2.77. The van der Waals surface area contributed by atoms with E-state index < -0.39 is 6.10 Å². The highest BCUT2D eigenvalue weighted by molar-refractivity contribution is 5.98. The number of nitrogens with one attached hydrogen (secondary N) is 2. The molecule has 2 heterocycles. The number of para-hydroxylation sites is 2. The summed E-state index contributed by atoms with van der Waals surface area (Å²) in [5.41, 5.74) is 0.745. The van der Waals surface area contributed by atoms with Crippen molar-refractivity contribution in [3.05, 3.63) is 24.3 Å². The lowest BCUT2D eigenvalue weighted by atomic mass is 10.1. The van der Waals surface area contributed by atoms with Gasteiger partial charge < -0.3 is 20.3 Å². The van der Waals surface area contributed by atoms with Crippen molar-refractivity contribution in [2.75, 3.05) is 37.6 Å². The van der Waals surface area contributed by atoms with E-state index in [1.54, 1.807) is 11.0 Å². The van der Waals surface area contributed by atoms with Gasteiger partial charge in [-0.3, -0.25) is 14.5 Å². The van der Waals surface area contributed by atoms with Crippen LogP contribution in [0, 0.1) is 0 Å². The molecule has 2 aliphatic heterocycles. The highest BCUT2D eigenvalue weighted by Crippen LogP contribution is 2.33. The molecular weight excluding hydrogens is 324 g/mol. The molecule has 25 heavy (non-hydrogen) atoms. The molecule has 1 fully saturated rings. The second kappa shape index (κ2) is 7.42. The van der Waals surface area contributed by atoms with Crippen LogP contribution >= 0.6 is 0 Å². The molecule has 0 aliphatic carbocycles. The smallest absolute Gasteiger partial charge is 0.324 e. The fourth-order valence-electron chi connectivity index (χ4n) is 2.91. The molecule has 0 radical (unpaired) electrons. The summed E-state index contributed by atoms with van der Waals surface area (Å²) in [6.07, 6.45) is 0.142.